The number of halogens is 1. The molecule has 0 radical (unpaired) electrons. The van der Waals surface area contributed by atoms with Crippen molar-refractivity contribution in [1.82, 2.24) is 0 Å². The molecule has 2 bridgehead atoms. The lowest BCUT2D eigenvalue weighted by Gasteiger charge is -2.71. The molecule has 0 aromatic heterocycles. The maximum absolute atomic E-state index is 14.5. The number of alkyl halides is 1. The van der Waals surface area contributed by atoms with Gasteiger partial charge in [0.15, 0.2) is 0 Å². The van der Waals surface area contributed by atoms with E-state index in [2.05, 4.69) is 0 Å². The van der Waals surface area contributed by atoms with Crippen LogP contribution in [0.5, 0.6) is 0 Å². The molecule has 2 nitrogen and oxygen atoms in total. The largest absolute Gasteiger partial charge is 0.459 e. The van der Waals surface area contributed by atoms with Crippen LogP contribution in [-0.2, 0) is 14.9 Å². The second-order valence-electron chi connectivity index (χ2n) is 6.90. The summed E-state index contributed by atoms with van der Waals surface area (Å²) in [6.07, 6.45) is 0.0671. The molecular weight excluding hydrogens is 243 g/mol. The molecule has 3 heteroatoms. The number of esters is 1. The van der Waals surface area contributed by atoms with Crippen LogP contribution in [0, 0.1) is 5.41 Å². The van der Waals surface area contributed by atoms with Gasteiger partial charge in [0, 0.05) is 5.41 Å². The van der Waals surface area contributed by atoms with Crippen LogP contribution in [0.3, 0.4) is 0 Å². The van der Waals surface area contributed by atoms with Crippen molar-refractivity contribution in [2.45, 2.75) is 50.8 Å². The summed E-state index contributed by atoms with van der Waals surface area (Å²) in [5.41, 5.74) is -0.846. The molecule has 0 heterocycles. The summed E-state index contributed by atoms with van der Waals surface area (Å²) in [7, 11) is 0. The van der Waals surface area contributed by atoms with Crippen molar-refractivity contribution >= 4 is 5.97 Å². The Balaban J connectivity index is 1.76. The van der Waals surface area contributed by atoms with Gasteiger partial charge in [-0.3, -0.25) is 4.79 Å². The fourth-order valence-electron chi connectivity index (χ4n) is 3.45. The summed E-state index contributed by atoms with van der Waals surface area (Å²) in [5, 5.41) is 0. The predicted molar refractivity (Wildman–Crippen MR) is 70.5 cm³/mol. The minimum absolute atomic E-state index is 0.370. The third-order valence-electron chi connectivity index (χ3n) is 4.39. The smallest absolute Gasteiger partial charge is 0.315 e. The predicted octanol–water partition coefficient (Wildman–Crippen LogP) is 3.40. The molecule has 1 unspecified atom stereocenters. The second kappa shape index (κ2) is 3.59. The first kappa shape index (κ1) is 12.6. The van der Waals surface area contributed by atoms with E-state index < -0.39 is 22.6 Å². The monoisotopic (exact) mass is 262 g/mol. The third-order valence-corrected chi connectivity index (χ3v) is 4.39. The lowest BCUT2D eigenvalue weighted by atomic mass is 9.32. The zero-order chi connectivity index (χ0) is 13.9. The van der Waals surface area contributed by atoms with E-state index in [9.17, 15) is 9.18 Å². The van der Waals surface area contributed by atoms with Crippen LogP contribution in [0.2, 0.25) is 0 Å². The standard InChI is InChI=1S/C16H19FO2/c1-14(2,3)19-13(18)16-9-15(10-16,12(16)17)11-7-5-4-6-8-11/h4-8,12H,9-10H2,1-3H3. The second-order valence-corrected chi connectivity index (χ2v) is 6.90. The molecule has 1 aromatic carbocycles. The van der Waals surface area contributed by atoms with E-state index in [1.807, 2.05) is 51.1 Å². The van der Waals surface area contributed by atoms with E-state index in [1.165, 1.54) is 0 Å². The Bertz CT molecular complexity index is 509. The van der Waals surface area contributed by atoms with Crippen LogP contribution in [0.4, 0.5) is 4.39 Å². The average Bonchev–Trinajstić information content (AvgIpc) is 2.26. The van der Waals surface area contributed by atoms with Gasteiger partial charge in [-0.1, -0.05) is 30.3 Å². The minimum Gasteiger partial charge on any atom is -0.459 e. The molecule has 0 N–H and O–H groups in total. The Labute approximate surface area is 113 Å². The van der Waals surface area contributed by atoms with E-state index in [4.69, 9.17) is 4.74 Å². The van der Waals surface area contributed by atoms with Crippen molar-refractivity contribution in [3.63, 3.8) is 0 Å². The van der Waals surface area contributed by atoms with Crippen molar-refractivity contribution in [3.8, 4) is 0 Å². The maximum atomic E-state index is 14.5. The molecule has 3 aliphatic rings. The molecule has 3 aliphatic carbocycles. The highest BCUT2D eigenvalue weighted by molar-refractivity contribution is 5.84. The van der Waals surface area contributed by atoms with Gasteiger partial charge >= 0.3 is 5.97 Å². The molecule has 0 amide bonds. The normalized spacial score (nSPS) is 36.1. The fraction of sp³-hybridized carbons (Fsp3) is 0.562. The molecule has 0 aliphatic heterocycles. The molecule has 0 spiro atoms. The van der Waals surface area contributed by atoms with Gasteiger partial charge in [0.1, 0.15) is 17.2 Å². The maximum Gasteiger partial charge on any atom is 0.315 e. The van der Waals surface area contributed by atoms with Gasteiger partial charge in [0.05, 0.1) is 0 Å². The number of benzene rings is 1. The third kappa shape index (κ3) is 1.57. The molecule has 1 aromatic rings. The minimum atomic E-state index is -1.10. The SMILES string of the molecule is CC(C)(C)OC(=O)C12CC(c3ccccc3)(C1)C2F. The average molecular weight is 262 g/mol. The lowest BCUT2D eigenvalue weighted by Crippen LogP contribution is -2.78. The van der Waals surface area contributed by atoms with Gasteiger partial charge in [-0.25, -0.2) is 4.39 Å². The first-order valence-electron chi connectivity index (χ1n) is 6.73. The summed E-state index contributed by atoms with van der Waals surface area (Å²) in [4.78, 5) is 12.1. The van der Waals surface area contributed by atoms with E-state index in [0.717, 1.165) is 5.56 Å². The van der Waals surface area contributed by atoms with Crippen molar-refractivity contribution in [2.75, 3.05) is 0 Å². The highest BCUT2D eigenvalue weighted by Crippen LogP contribution is 2.75. The van der Waals surface area contributed by atoms with Crippen LogP contribution >= 0.6 is 0 Å². The van der Waals surface area contributed by atoms with Gasteiger partial charge in [-0.05, 0) is 39.2 Å². The number of carbonyl (C=O) groups excluding carboxylic acids is 1. The van der Waals surface area contributed by atoms with Crippen molar-refractivity contribution < 1.29 is 13.9 Å². The Morgan fingerprint density at radius 3 is 2.32 bits per heavy atom. The number of carbonyl (C=O) groups is 1. The Hall–Kier alpha value is -1.38. The van der Waals surface area contributed by atoms with Gasteiger partial charge in [-0.15, -0.1) is 0 Å². The Kier molecular flexibility index (Phi) is 2.39. The molecule has 4 rings (SSSR count). The van der Waals surface area contributed by atoms with Gasteiger partial charge in [0.25, 0.3) is 0 Å². The topological polar surface area (TPSA) is 26.3 Å². The number of hydrogen-bond acceptors (Lipinski definition) is 2. The van der Waals surface area contributed by atoms with Crippen LogP contribution in [0.15, 0.2) is 30.3 Å². The summed E-state index contributed by atoms with van der Waals surface area (Å²) >= 11 is 0. The van der Waals surface area contributed by atoms with Gasteiger partial charge in [0.2, 0.25) is 0 Å². The molecule has 0 saturated heterocycles. The number of rotatable bonds is 2. The molecule has 3 saturated carbocycles. The molecule has 19 heavy (non-hydrogen) atoms. The Morgan fingerprint density at radius 2 is 1.84 bits per heavy atom. The zero-order valence-corrected chi connectivity index (χ0v) is 11.6. The highest BCUT2D eigenvalue weighted by atomic mass is 19.1. The van der Waals surface area contributed by atoms with Crippen LogP contribution in [0.1, 0.15) is 39.2 Å². The first-order chi connectivity index (χ1) is 8.80. The van der Waals surface area contributed by atoms with Crippen molar-refractivity contribution in [3.05, 3.63) is 35.9 Å². The van der Waals surface area contributed by atoms with Crippen LogP contribution < -0.4 is 0 Å². The van der Waals surface area contributed by atoms with Crippen LogP contribution in [0.25, 0.3) is 0 Å². The summed E-state index contributed by atoms with van der Waals surface area (Å²) < 4.78 is 19.8. The first-order valence-corrected chi connectivity index (χ1v) is 6.73. The van der Waals surface area contributed by atoms with E-state index in [1.54, 1.807) is 0 Å². The van der Waals surface area contributed by atoms with E-state index >= 15 is 0 Å². The summed E-state index contributed by atoms with van der Waals surface area (Å²) in [5.74, 6) is -0.370. The number of hydrogen-bond donors (Lipinski definition) is 0. The quantitative estimate of drug-likeness (QED) is 0.764. The molecular formula is C16H19FO2. The molecule has 3 fully saturated rings. The summed E-state index contributed by atoms with van der Waals surface area (Å²) in [6, 6.07) is 9.66. The molecule has 102 valence electrons. The lowest BCUT2D eigenvalue weighted by molar-refractivity contribution is -0.248. The molecule has 1 atom stereocenters. The Morgan fingerprint density at radius 1 is 1.26 bits per heavy atom. The van der Waals surface area contributed by atoms with E-state index in [0.29, 0.717) is 12.8 Å². The summed E-state index contributed by atoms with van der Waals surface area (Å²) in [6.45, 7) is 5.45. The number of ether oxygens (including phenoxy) is 1. The van der Waals surface area contributed by atoms with Crippen molar-refractivity contribution in [2.24, 2.45) is 5.41 Å². The van der Waals surface area contributed by atoms with E-state index in [-0.39, 0.29) is 5.97 Å². The van der Waals surface area contributed by atoms with Crippen LogP contribution in [-0.4, -0.2) is 17.7 Å². The van der Waals surface area contributed by atoms with Gasteiger partial charge in [-0.2, -0.15) is 0 Å². The fourth-order valence-corrected chi connectivity index (χ4v) is 3.45. The van der Waals surface area contributed by atoms with Gasteiger partial charge < -0.3 is 4.74 Å². The van der Waals surface area contributed by atoms with Crippen molar-refractivity contribution in [1.29, 1.82) is 0 Å². The highest BCUT2D eigenvalue weighted by Gasteiger charge is 2.81. The zero-order valence-electron chi connectivity index (χ0n) is 11.6.